The Morgan fingerprint density at radius 3 is 2.71 bits per heavy atom. The zero-order valence-corrected chi connectivity index (χ0v) is 11.8. The molecule has 1 aromatic carbocycles. The topological polar surface area (TPSA) is 79.4 Å². The highest BCUT2D eigenvalue weighted by Gasteiger charge is 2.35. The first-order valence-corrected chi connectivity index (χ1v) is 7.03. The van der Waals surface area contributed by atoms with E-state index in [4.69, 9.17) is 9.84 Å². The van der Waals surface area contributed by atoms with E-state index in [-0.39, 0.29) is 11.7 Å². The molecular weight excluding hydrogens is 270 g/mol. The minimum Gasteiger partial charge on any atom is -0.496 e. The van der Waals surface area contributed by atoms with Crippen molar-refractivity contribution in [1.29, 1.82) is 0 Å². The molecule has 1 saturated carbocycles. The van der Waals surface area contributed by atoms with Gasteiger partial charge in [-0.25, -0.2) is 0 Å². The molecule has 2 unspecified atom stereocenters. The van der Waals surface area contributed by atoms with Gasteiger partial charge >= 0.3 is 5.97 Å². The summed E-state index contributed by atoms with van der Waals surface area (Å²) in [5.74, 6) is -0.748. The largest absolute Gasteiger partial charge is 0.496 e. The summed E-state index contributed by atoms with van der Waals surface area (Å²) in [6.45, 7) is 0. The summed E-state index contributed by atoms with van der Waals surface area (Å²) < 4.78 is 5.33. The number of aromatic nitrogens is 1. The standard InChI is InChI=1S/C16H17NO4/c1-21-13-4-2-3-12-14(13)11(8-17-12)15(18)9-5-6-10(7-9)16(19)20/h2-4,8-10,17H,5-7H2,1H3,(H,19,20). The first-order valence-electron chi connectivity index (χ1n) is 7.03. The maximum atomic E-state index is 12.7. The molecule has 2 aromatic rings. The maximum absolute atomic E-state index is 12.7. The number of ketones is 1. The number of carbonyl (C=O) groups excluding carboxylic acids is 1. The number of hydrogen-bond acceptors (Lipinski definition) is 3. The highest BCUT2D eigenvalue weighted by molar-refractivity contribution is 6.11. The Balaban J connectivity index is 1.94. The Hall–Kier alpha value is -2.30. The van der Waals surface area contributed by atoms with Crippen molar-refractivity contribution < 1.29 is 19.4 Å². The van der Waals surface area contributed by atoms with Crippen LogP contribution in [0.3, 0.4) is 0 Å². The number of benzene rings is 1. The van der Waals surface area contributed by atoms with Gasteiger partial charge in [0, 0.05) is 23.2 Å². The number of ether oxygens (including phenoxy) is 1. The van der Waals surface area contributed by atoms with Crippen LogP contribution < -0.4 is 4.74 Å². The number of carboxylic acid groups (broad SMARTS) is 1. The molecule has 21 heavy (non-hydrogen) atoms. The summed E-state index contributed by atoms with van der Waals surface area (Å²) in [5, 5.41) is 9.84. The molecule has 0 saturated heterocycles. The van der Waals surface area contributed by atoms with Crippen LogP contribution in [-0.4, -0.2) is 29.0 Å². The number of rotatable bonds is 4. The van der Waals surface area contributed by atoms with E-state index in [0.717, 1.165) is 10.9 Å². The molecule has 1 heterocycles. The van der Waals surface area contributed by atoms with Crippen LogP contribution in [0.1, 0.15) is 29.6 Å². The summed E-state index contributed by atoms with van der Waals surface area (Å²) in [6, 6.07) is 5.58. The van der Waals surface area contributed by atoms with Crippen molar-refractivity contribution in [3.8, 4) is 5.75 Å². The molecule has 0 aliphatic heterocycles. The van der Waals surface area contributed by atoms with Crippen molar-refractivity contribution in [2.45, 2.75) is 19.3 Å². The Labute approximate surface area is 121 Å². The molecule has 2 N–H and O–H groups in total. The summed E-state index contributed by atoms with van der Waals surface area (Å²) >= 11 is 0. The van der Waals surface area contributed by atoms with Crippen molar-refractivity contribution >= 4 is 22.7 Å². The molecule has 1 aliphatic carbocycles. The van der Waals surface area contributed by atoms with Crippen LogP contribution >= 0.6 is 0 Å². The highest BCUT2D eigenvalue weighted by Crippen LogP contribution is 2.36. The summed E-state index contributed by atoms with van der Waals surface area (Å²) in [4.78, 5) is 26.8. The van der Waals surface area contributed by atoms with Crippen molar-refractivity contribution in [3.05, 3.63) is 30.0 Å². The normalized spacial score (nSPS) is 21.6. The first-order chi connectivity index (χ1) is 10.1. The van der Waals surface area contributed by atoms with E-state index in [1.165, 1.54) is 0 Å². The molecule has 110 valence electrons. The van der Waals surface area contributed by atoms with E-state index >= 15 is 0 Å². The van der Waals surface area contributed by atoms with Gasteiger partial charge in [0.15, 0.2) is 5.78 Å². The van der Waals surface area contributed by atoms with Gasteiger partial charge in [-0.1, -0.05) is 6.07 Å². The zero-order chi connectivity index (χ0) is 15.0. The Morgan fingerprint density at radius 1 is 1.29 bits per heavy atom. The molecule has 5 heteroatoms. The molecule has 2 atom stereocenters. The van der Waals surface area contributed by atoms with Crippen molar-refractivity contribution in [3.63, 3.8) is 0 Å². The molecule has 0 spiro atoms. The van der Waals surface area contributed by atoms with E-state index in [2.05, 4.69) is 4.98 Å². The second-order valence-electron chi connectivity index (χ2n) is 5.49. The van der Waals surface area contributed by atoms with E-state index in [9.17, 15) is 9.59 Å². The monoisotopic (exact) mass is 287 g/mol. The molecule has 0 amide bonds. The molecule has 5 nitrogen and oxygen atoms in total. The van der Waals surface area contributed by atoms with Gasteiger partial charge in [0.2, 0.25) is 0 Å². The number of aromatic amines is 1. The second kappa shape index (κ2) is 5.24. The van der Waals surface area contributed by atoms with Crippen LogP contribution in [0.2, 0.25) is 0 Å². The number of Topliss-reactive ketones (excluding diaryl/α,β-unsaturated/α-hetero) is 1. The summed E-state index contributed by atoms with van der Waals surface area (Å²) in [7, 11) is 1.58. The number of carbonyl (C=O) groups is 2. The van der Waals surface area contributed by atoms with Gasteiger partial charge in [-0.3, -0.25) is 9.59 Å². The lowest BCUT2D eigenvalue weighted by atomic mass is 9.94. The molecule has 1 aromatic heterocycles. The van der Waals surface area contributed by atoms with Crippen LogP contribution in [0.15, 0.2) is 24.4 Å². The predicted molar refractivity (Wildman–Crippen MR) is 77.6 cm³/mol. The van der Waals surface area contributed by atoms with Crippen molar-refractivity contribution in [1.82, 2.24) is 4.98 Å². The fraction of sp³-hybridized carbons (Fsp3) is 0.375. The fourth-order valence-electron chi connectivity index (χ4n) is 3.18. The van der Waals surface area contributed by atoms with E-state index < -0.39 is 11.9 Å². The number of fused-ring (bicyclic) bond motifs is 1. The van der Waals surface area contributed by atoms with E-state index in [1.807, 2.05) is 18.2 Å². The smallest absolute Gasteiger partial charge is 0.306 e. The fourth-order valence-corrected chi connectivity index (χ4v) is 3.18. The molecular formula is C16H17NO4. The van der Waals surface area contributed by atoms with Gasteiger partial charge in [0.1, 0.15) is 5.75 Å². The van der Waals surface area contributed by atoms with Gasteiger partial charge in [0.05, 0.1) is 18.4 Å². The van der Waals surface area contributed by atoms with Gasteiger partial charge in [-0.15, -0.1) is 0 Å². The summed E-state index contributed by atoms with van der Waals surface area (Å²) in [5.41, 5.74) is 1.45. The van der Waals surface area contributed by atoms with Crippen LogP contribution in [0.4, 0.5) is 0 Å². The number of nitrogens with one attached hydrogen (secondary N) is 1. The van der Waals surface area contributed by atoms with Gasteiger partial charge in [-0.2, -0.15) is 0 Å². The average molecular weight is 287 g/mol. The maximum Gasteiger partial charge on any atom is 0.306 e. The third kappa shape index (κ3) is 2.28. The van der Waals surface area contributed by atoms with Crippen molar-refractivity contribution in [2.75, 3.05) is 7.11 Å². The minimum atomic E-state index is -0.804. The van der Waals surface area contributed by atoms with E-state index in [0.29, 0.717) is 30.6 Å². The minimum absolute atomic E-state index is 0.00880. The molecule has 1 aliphatic rings. The van der Waals surface area contributed by atoms with Crippen LogP contribution in [0.5, 0.6) is 5.75 Å². The third-order valence-electron chi connectivity index (χ3n) is 4.31. The average Bonchev–Trinajstić information content (AvgIpc) is 3.13. The number of methoxy groups -OCH3 is 1. The molecule has 1 fully saturated rings. The Morgan fingerprint density at radius 2 is 2.05 bits per heavy atom. The zero-order valence-electron chi connectivity index (χ0n) is 11.8. The quantitative estimate of drug-likeness (QED) is 0.847. The van der Waals surface area contributed by atoms with Gasteiger partial charge < -0.3 is 14.8 Å². The lowest BCUT2D eigenvalue weighted by Gasteiger charge is -2.09. The van der Waals surface area contributed by atoms with Crippen molar-refractivity contribution in [2.24, 2.45) is 11.8 Å². The predicted octanol–water partition coefficient (Wildman–Crippen LogP) is 2.86. The Bertz CT molecular complexity index is 703. The second-order valence-corrected chi connectivity index (χ2v) is 5.49. The number of aliphatic carboxylic acids is 1. The number of carboxylic acids is 1. The van der Waals surface area contributed by atoms with Crippen LogP contribution in [-0.2, 0) is 4.79 Å². The van der Waals surface area contributed by atoms with Gasteiger partial charge in [0.25, 0.3) is 0 Å². The van der Waals surface area contributed by atoms with Crippen LogP contribution in [0.25, 0.3) is 10.9 Å². The third-order valence-corrected chi connectivity index (χ3v) is 4.31. The van der Waals surface area contributed by atoms with Gasteiger partial charge in [-0.05, 0) is 31.4 Å². The van der Waals surface area contributed by atoms with Crippen LogP contribution in [0, 0.1) is 11.8 Å². The lowest BCUT2D eigenvalue weighted by molar-refractivity contribution is -0.141. The SMILES string of the molecule is COc1cccc2[nH]cc(C(=O)C3CCC(C(=O)O)C3)c12. The highest BCUT2D eigenvalue weighted by atomic mass is 16.5. The lowest BCUT2D eigenvalue weighted by Crippen LogP contribution is -2.14. The summed E-state index contributed by atoms with van der Waals surface area (Å²) in [6.07, 6.45) is 3.34. The molecule has 3 rings (SSSR count). The molecule has 0 radical (unpaired) electrons. The van der Waals surface area contributed by atoms with E-state index in [1.54, 1.807) is 13.3 Å². The number of hydrogen-bond donors (Lipinski definition) is 2. The first kappa shape index (κ1) is 13.7. The Kier molecular flexibility index (Phi) is 3.41. The number of H-pyrrole nitrogens is 1. The molecule has 0 bridgehead atoms.